The zero-order valence-corrected chi connectivity index (χ0v) is 10.3. The largest absolute Gasteiger partial charge is 0.435 e. The van der Waals surface area contributed by atoms with Crippen molar-refractivity contribution in [2.45, 2.75) is 20.0 Å². The third-order valence-corrected chi connectivity index (χ3v) is 2.60. The lowest BCUT2D eigenvalue weighted by Crippen LogP contribution is -2.09. The quantitative estimate of drug-likeness (QED) is 0.780. The number of Topliss-reactive ketones (excluding diaryl/α,β-unsaturated/α-hetero) is 1. The Balaban J connectivity index is 2.93. The lowest BCUT2D eigenvalue weighted by atomic mass is 10.1. The number of ketones is 1. The summed E-state index contributed by atoms with van der Waals surface area (Å²) in [5.41, 5.74) is 1.29. The summed E-state index contributed by atoms with van der Waals surface area (Å²) < 4.78 is 28.6. The molecule has 0 saturated heterocycles. The van der Waals surface area contributed by atoms with E-state index in [2.05, 4.69) is 20.7 Å². The van der Waals surface area contributed by atoms with Crippen LogP contribution in [-0.4, -0.2) is 17.7 Å². The van der Waals surface area contributed by atoms with E-state index in [0.717, 1.165) is 5.56 Å². The Labute approximate surface area is 101 Å². The number of hydrogen-bond donors (Lipinski definition) is 0. The first-order valence-electron chi connectivity index (χ1n) is 4.65. The molecule has 0 N–H and O–H groups in total. The van der Waals surface area contributed by atoms with Crippen molar-refractivity contribution in [3.05, 3.63) is 29.3 Å². The van der Waals surface area contributed by atoms with Crippen LogP contribution in [0.2, 0.25) is 0 Å². The third-order valence-electron chi connectivity index (χ3n) is 1.98. The lowest BCUT2D eigenvalue weighted by Gasteiger charge is -2.10. The van der Waals surface area contributed by atoms with Gasteiger partial charge in [0.1, 0.15) is 11.5 Å². The van der Waals surface area contributed by atoms with Crippen LogP contribution in [0.4, 0.5) is 8.78 Å². The Bertz CT molecular complexity index is 380. The van der Waals surface area contributed by atoms with E-state index in [1.54, 1.807) is 19.1 Å². The Morgan fingerprint density at radius 1 is 1.50 bits per heavy atom. The van der Waals surface area contributed by atoms with Gasteiger partial charge in [0.05, 0.1) is 5.33 Å². The normalized spacial score (nSPS) is 10.6. The van der Waals surface area contributed by atoms with Crippen LogP contribution in [0.15, 0.2) is 18.2 Å². The number of hydrogen-bond acceptors (Lipinski definition) is 2. The van der Waals surface area contributed by atoms with E-state index >= 15 is 0 Å². The topological polar surface area (TPSA) is 26.3 Å². The molecule has 0 bridgehead atoms. The molecule has 16 heavy (non-hydrogen) atoms. The number of ether oxygens (including phenoxy) is 1. The molecule has 88 valence electrons. The Hall–Kier alpha value is -0.970. The first-order chi connectivity index (χ1) is 7.52. The highest BCUT2D eigenvalue weighted by atomic mass is 79.9. The zero-order valence-electron chi connectivity index (χ0n) is 8.67. The fourth-order valence-electron chi connectivity index (χ4n) is 1.27. The second kappa shape index (κ2) is 5.94. The number of carbonyl (C=O) groups excluding carboxylic acids is 1. The average Bonchev–Trinajstić information content (AvgIpc) is 2.21. The molecular formula is C11H11BrF2O2. The second-order valence-electron chi connectivity index (χ2n) is 3.34. The van der Waals surface area contributed by atoms with E-state index in [9.17, 15) is 13.6 Å². The third kappa shape index (κ3) is 3.89. The van der Waals surface area contributed by atoms with Crippen LogP contribution in [0.1, 0.15) is 11.1 Å². The van der Waals surface area contributed by atoms with E-state index in [-0.39, 0.29) is 23.3 Å². The summed E-state index contributed by atoms with van der Waals surface area (Å²) in [4.78, 5) is 11.2. The summed E-state index contributed by atoms with van der Waals surface area (Å²) in [6, 6.07) is 4.89. The van der Waals surface area contributed by atoms with Gasteiger partial charge < -0.3 is 4.74 Å². The summed E-state index contributed by atoms with van der Waals surface area (Å²) in [6.45, 7) is -1.10. The smallest absolute Gasteiger partial charge is 0.387 e. The van der Waals surface area contributed by atoms with E-state index in [4.69, 9.17) is 0 Å². The molecule has 0 radical (unpaired) electrons. The van der Waals surface area contributed by atoms with Gasteiger partial charge in [0.2, 0.25) is 0 Å². The predicted octanol–water partition coefficient (Wildman–Crippen LogP) is 3.10. The molecule has 0 amide bonds. The number of alkyl halides is 3. The van der Waals surface area contributed by atoms with Gasteiger partial charge in [-0.25, -0.2) is 0 Å². The molecular weight excluding hydrogens is 282 g/mol. The molecule has 0 aliphatic rings. The van der Waals surface area contributed by atoms with Crippen molar-refractivity contribution in [2.75, 3.05) is 5.33 Å². The van der Waals surface area contributed by atoms with Crippen LogP contribution < -0.4 is 4.74 Å². The fraction of sp³-hybridized carbons (Fsp3) is 0.364. The highest BCUT2D eigenvalue weighted by Gasteiger charge is 2.12. The summed E-state index contributed by atoms with van der Waals surface area (Å²) in [7, 11) is 0. The van der Waals surface area contributed by atoms with E-state index < -0.39 is 6.61 Å². The molecule has 0 heterocycles. The van der Waals surface area contributed by atoms with Crippen LogP contribution in [0.25, 0.3) is 0 Å². The van der Waals surface area contributed by atoms with Gasteiger partial charge in [-0.3, -0.25) is 4.79 Å². The molecule has 0 fully saturated rings. The molecule has 2 nitrogen and oxygen atoms in total. The highest BCUT2D eigenvalue weighted by Crippen LogP contribution is 2.23. The van der Waals surface area contributed by atoms with Crippen LogP contribution in [0.3, 0.4) is 0 Å². The van der Waals surface area contributed by atoms with Crippen LogP contribution in [0.5, 0.6) is 5.75 Å². The summed E-state index contributed by atoms with van der Waals surface area (Å²) in [5, 5.41) is 0.203. The van der Waals surface area contributed by atoms with E-state index in [1.165, 1.54) is 6.07 Å². The monoisotopic (exact) mass is 292 g/mol. The number of halogens is 3. The summed E-state index contributed by atoms with van der Waals surface area (Å²) in [6.07, 6.45) is 0.0909. The summed E-state index contributed by atoms with van der Waals surface area (Å²) in [5.74, 6) is -0.00716. The molecule has 1 aromatic carbocycles. The van der Waals surface area contributed by atoms with Gasteiger partial charge in [-0.1, -0.05) is 28.1 Å². The van der Waals surface area contributed by atoms with Gasteiger partial charge in [0.15, 0.2) is 0 Å². The maximum Gasteiger partial charge on any atom is 0.387 e. The van der Waals surface area contributed by atoms with Crippen LogP contribution >= 0.6 is 15.9 Å². The van der Waals surface area contributed by atoms with E-state index in [0.29, 0.717) is 5.56 Å². The van der Waals surface area contributed by atoms with Crippen molar-refractivity contribution < 1.29 is 18.3 Å². The standard InChI is InChI=1S/C11H11BrF2O2/c1-7-2-3-8(5-9(15)6-12)10(4-7)16-11(13)14/h2-4,11H,5-6H2,1H3. The molecule has 0 atom stereocenters. The molecule has 0 spiro atoms. The van der Waals surface area contributed by atoms with Crippen molar-refractivity contribution in [3.63, 3.8) is 0 Å². The van der Waals surface area contributed by atoms with Gasteiger partial charge >= 0.3 is 6.61 Å². The molecule has 0 unspecified atom stereocenters. The molecule has 0 aliphatic heterocycles. The molecule has 0 aliphatic carbocycles. The Morgan fingerprint density at radius 3 is 2.75 bits per heavy atom. The second-order valence-corrected chi connectivity index (χ2v) is 3.90. The minimum atomic E-state index is -2.88. The maximum absolute atomic E-state index is 12.1. The SMILES string of the molecule is Cc1ccc(CC(=O)CBr)c(OC(F)F)c1. The van der Waals surface area contributed by atoms with Crippen molar-refractivity contribution in [1.29, 1.82) is 0 Å². The predicted molar refractivity (Wildman–Crippen MR) is 60.3 cm³/mol. The fourth-order valence-corrected chi connectivity index (χ4v) is 1.47. The lowest BCUT2D eigenvalue weighted by molar-refractivity contribution is -0.116. The van der Waals surface area contributed by atoms with Crippen LogP contribution in [0, 0.1) is 6.92 Å². The maximum atomic E-state index is 12.1. The minimum Gasteiger partial charge on any atom is -0.435 e. The zero-order chi connectivity index (χ0) is 12.1. The summed E-state index contributed by atoms with van der Waals surface area (Å²) >= 11 is 3.02. The number of aryl methyl sites for hydroxylation is 1. The minimum absolute atomic E-state index is 0.0734. The van der Waals surface area contributed by atoms with Gasteiger partial charge in [-0.2, -0.15) is 8.78 Å². The van der Waals surface area contributed by atoms with Crippen LogP contribution in [-0.2, 0) is 11.2 Å². The molecule has 0 saturated carbocycles. The molecule has 1 aromatic rings. The highest BCUT2D eigenvalue weighted by molar-refractivity contribution is 9.09. The van der Waals surface area contributed by atoms with Gasteiger partial charge in [0.25, 0.3) is 0 Å². The van der Waals surface area contributed by atoms with Crippen molar-refractivity contribution in [3.8, 4) is 5.75 Å². The molecule has 0 aromatic heterocycles. The number of carbonyl (C=O) groups is 1. The van der Waals surface area contributed by atoms with Crippen molar-refractivity contribution in [1.82, 2.24) is 0 Å². The Morgan fingerprint density at radius 2 is 2.19 bits per heavy atom. The Kier molecular flexibility index (Phi) is 4.86. The van der Waals surface area contributed by atoms with Gasteiger partial charge in [-0.15, -0.1) is 0 Å². The van der Waals surface area contributed by atoms with Crippen molar-refractivity contribution in [2.24, 2.45) is 0 Å². The average molecular weight is 293 g/mol. The number of rotatable bonds is 5. The van der Waals surface area contributed by atoms with Gasteiger partial charge in [-0.05, 0) is 18.6 Å². The van der Waals surface area contributed by atoms with Gasteiger partial charge in [0, 0.05) is 12.0 Å². The first kappa shape index (κ1) is 13.1. The molecule has 5 heteroatoms. The first-order valence-corrected chi connectivity index (χ1v) is 5.77. The number of benzene rings is 1. The van der Waals surface area contributed by atoms with Crippen molar-refractivity contribution >= 4 is 21.7 Å². The van der Waals surface area contributed by atoms with E-state index in [1.807, 2.05) is 0 Å². The molecule has 1 rings (SSSR count).